The van der Waals surface area contributed by atoms with Crippen molar-refractivity contribution in [2.24, 2.45) is 0 Å². The zero-order chi connectivity index (χ0) is 10.8. The van der Waals surface area contributed by atoms with Gasteiger partial charge in [-0.1, -0.05) is 25.0 Å². The van der Waals surface area contributed by atoms with Gasteiger partial charge in [0.25, 0.3) is 0 Å². The van der Waals surface area contributed by atoms with Crippen molar-refractivity contribution < 1.29 is 0 Å². The predicted molar refractivity (Wildman–Crippen MR) is 69.2 cm³/mol. The molecule has 0 radical (unpaired) electrons. The molecular formula is C14H20N2. The molecule has 0 unspecified atom stereocenters. The van der Waals surface area contributed by atoms with Gasteiger partial charge < -0.3 is 10.2 Å². The molecule has 3 rings (SSSR count). The summed E-state index contributed by atoms with van der Waals surface area (Å²) in [6, 6.07) is 9.56. The van der Waals surface area contributed by atoms with Gasteiger partial charge in [0.1, 0.15) is 0 Å². The lowest BCUT2D eigenvalue weighted by atomic mass is 10.1. The van der Waals surface area contributed by atoms with Gasteiger partial charge in [0.15, 0.2) is 0 Å². The monoisotopic (exact) mass is 216 g/mol. The zero-order valence-corrected chi connectivity index (χ0v) is 9.78. The Labute approximate surface area is 97.6 Å². The molecule has 1 aliphatic heterocycles. The van der Waals surface area contributed by atoms with Crippen molar-refractivity contribution in [2.75, 3.05) is 23.3 Å². The van der Waals surface area contributed by atoms with Crippen LogP contribution in [0.5, 0.6) is 0 Å². The van der Waals surface area contributed by atoms with E-state index < -0.39 is 0 Å². The normalized spacial score (nSPS) is 21.4. The van der Waals surface area contributed by atoms with Crippen LogP contribution in [0.4, 0.5) is 11.4 Å². The summed E-state index contributed by atoms with van der Waals surface area (Å²) in [5.41, 5.74) is 2.75. The van der Waals surface area contributed by atoms with Gasteiger partial charge in [0, 0.05) is 19.1 Å². The second kappa shape index (κ2) is 4.36. The molecule has 0 atom stereocenters. The molecule has 1 heterocycles. The van der Waals surface area contributed by atoms with Crippen LogP contribution in [0.1, 0.15) is 32.1 Å². The van der Waals surface area contributed by atoms with E-state index in [0.29, 0.717) is 0 Å². The number of anilines is 2. The molecule has 2 heteroatoms. The minimum absolute atomic E-state index is 0.793. The highest BCUT2D eigenvalue weighted by atomic mass is 15.2. The van der Waals surface area contributed by atoms with E-state index in [1.807, 2.05) is 0 Å². The van der Waals surface area contributed by atoms with Crippen LogP contribution in [0.3, 0.4) is 0 Å². The number of hydrogen-bond donors (Lipinski definition) is 1. The third-order valence-corrected chi connectivity index (χ3v) is 3.87. The minimum Gasteiger partial charge on any atom is -0.383 e. The largest absolute Gasteiger partial charge is 0.383 e. The maximum absolute atomic E-state index is 3.54. The first-order chi connectivity index (χ1) is 7.95. The third kappa shape index (κ3) is 1.77. The summed E-state index contributed by atoms with van der Waals surface area (Å²) in [7, 11) is 0. The highest BCUT2D eigenvalue weighted by molar-refractivity contribution is 5.71. The number of nitrogens with one attached hydrogen (secondary N) is 1. The Morgan fingerprint density at radius 2 is 1.88 bits per heavy atom. The Kier molecular flexibility index (Phi) is 2.73. The fraction of sp³-hybridized carbons (Fsp3) is 0.571. The Balaban J connectivity index is 1.92. The van der Waals surface area contributed by atoms with Gasteiger partial charge >= 0.3 is 0 Å². The second-order valence-electron chi connectivity index (χ2n) is 4.93. The number of fused-ring (bicyclic) bond motifs is 1. The fourth-order valence-electron chi connectivity index (χ4n) is 3.06. The average Bonchev–Trinajstić information content (AvgIpc) is 2.76. The van der Waals surface area contributed by atoms with Crippen molar-refractivity contribution >= 4 is 11.4 Å². The fourth-order valence-corrected chi connectivity index (χ4v) is 3.06. The molecule has 1 aromatic rings. The van der Waals surface area contributed by atoms with E-state index in [9.17, 15) is 0 Å². The van der Waals surface area contributed by atoms with Gasteiger partial charge in [-0.3, -0.25) is 0 Å². The van der Waals surface area contributed by atoms with Gasteiger partial charge in [-0.05, 0) is 31.4 Å². The SMILES string of the molecule is c1ccc2c(c1)NCCCN2C1CCCC1. The Morgan fingerprint density at radius 3 is 2.75 bits per heavy atom. The summed E-state index contributed by atoms with van der Waals surface area (Å²) >= 11 is 0. The van der Waals surface area contributed by atoms with E-state index in [-0.39, 0.29) is 0 Å². The molecule has 0 spiro atoms. The summed E-state index contributed by atoms with van der Waals surface area (Å²) in [6.45, 7) is 2.33. The Morgan fingerprint density at radius 1 is 1.06 bits per heavy atom. The molecule has 1 aromatic carbocycles. The van der Waals surface area contributed by atoms with Gasteiger partial charge in [-0.25, -0.2) is 0 Å². The Bertz CT molecular complexity index is 356. The molecule has 0 amide bonds. The van der Waals surface area contributed by atoms with Gasteiger partial charge in [0.05, 0.1) is 11.4 Å². The molecule has 0 saturated heterocycles. The Hall–Kier alpha value is -1.18. The molecule has 1 fully saturated rings. The number of nitrogens with zero attached hydrogens (tertiary/aromatic N) is 1. The topological polar surface area (TPSA) is 15.3 Å². The highest BCUT2D eigenvalue weighted by Gasteiger charge is 2.25. The lowest BCUT2D eigenvalue weighted by molar-refractivity contribution is 0.602. The summed E-state index contributed by atoms with van der Waals surface area (Å²) in [5, 5.41) is 3.54. The average molecular weight is 216 g/mol. The summed E-state index contributed by atoms with van der Waals surface area (Å²) in [5.74, 6) is 0. The van der Waals surface area contributed by atoms with Crippen LogP contribution in [-0.2, 0) is 0 Å². The first-order valence-electron chi connectivity index (χ1n) is 6.55. The standard InChI is InChI=1S/C14H20N2/c1-2-7-12(6-1)16-11-5-10-15-13-8-3-4-9-14(13)16/h3-4,8-9,12,15H,1-2,5-7,10-11H2. The van der Waals surface area contributed by atoms with Crippen molar-refractivity contribution in [3.8, 4) is 0 Å². The number of rotatable bonds is 1. The third-order valence-electron chi connectivity index (χ3n) is 3.87. The van der Waals surface area contributed by atoms with E-state index in [1.54, 1.807) is 0 Å². The molecular weight excluding hydrogens is 196 g/mol. The van der Waals surface area contributed by atoms with Crippen molar-refractivity contribution in [1.82, 2.24) is 0 Å². The maximum Gasteiger partial charge on any atom is 0.0604 e. The van der Waals surface area contributed by atoms with E-state index in [2.05, 4.69) is 34.5 Å². The molecule has 0 bridgehead atoms. The molecule has 0 aromatic heterocycles. The predicted octanol–water partition coefficient (Wildman–Crippen LogP) is 3.25. The minimum atomic E-state index is 0.793. The van der Waals surface area contributed by atoms with Crippen LogP contribution in [0.2, 0.25) is 0 Å². The van der Waals surface area contributed by atoms with Crippen molar-refractivity contribution in [3.63, 3.8) is 0 Å². The molecule has 2 aliphatic rings. The van der Waals surface area contributed by atoms with Crippen LogP contribution in [0.15, 0.2) is 24.3 Å². The van der Waals surface area contributed by atoms with E-state index >= 15 is 0 Å². The van der Waals surface area contributed by atoms with Crippen molar-refractivity contribution in [3.05, 3.63) is 24.3 Å². The number of hydrogen-bond acceptors (Lipinski definition) is 2. The van der Waals surface area contributed by atoms with E-state index in [1.165, 1.54) is 50.0 Å². The van der Waals surface area contributed by atoms with E-state index in [0.717, 1.165) is 12.6 Å². The van der Waals surface area contributed by atoms with Gasteiger partial charge in [-0.2, -0.15) is 0 Å². The summed E-state index contributed by atoms with van der Waals surface area (Å²) < 4.78 is 0. The van der Waals surface area contributed by atoms with Crippen LogP contribution in [-0.4, -0.2) is 19.1 Å². The maximum atomic E-state index is 3.54. The first-order valence-corrected chi connectivity index (χ1v) is 6.55. The molecule has 16 heavy (non-hydrogen) atoms. The second-order valence-corrected chi connectivity index (χ2v) is 4.93. The van der Waals surface area contributed by atoms with Crippen molar-refractivity contribution in [1.29, 1.82) is 0 Å². The van der Waals surface area contributed by atoms with E-state index in [4.69, 9.17) is 0 Å². The number of para-hydroxylation sites is 2. The summed E-state index contributed by atoms with van der Waals surface area (Å²) in [6.07, 6.45) is 6.85. The molecule has 1 N–H and O–H groups in total. The molecule has 1 aliphatic carbocycles. The molecule has 86 valence electrons. The van der Waals surface area contributed by atoms with Gasteiger partial charge in [0.2, 0.25) is 0 Å². The number of benzene rings is 1. The van der Waals surface area contributed by atoms with Crippen molar-refractivity contribution in [2.45, 2.75) is 38.1 Å². The van der Waals surface area contributed by atoms with Crippen LogP contribution in [0, 0.1) is 0 Å². The molecule has 1 saturated carbocycles. The van der Waals surface area contributed by atoms with Gasteiger partial charge in [-0.15, -0.1) is 0 Å². The van der Waals surface area contributed by atoms with Crippen LogP contribution in [0.25, 0.3) is 0 Å². The lowest BCUT2D eigenvalue weighted by Crippen LogP contribution is -2.33. The van der Waals surface area contributed by atoms with Crippen LogP contribution >= 0.6 is 0 Å². The summed E-state index contributed by atoms with van der Waals surface area (Å²) in [4.78, 5) is 2.64. The molecule has 2 nitrogen and oxygen atoms in total. The first kappa shape index (κ1) is 10.0. The zero-order valence-electron chi connectivity index (χ0n) is 9.78. The highest BCUT2D eigenvalue weighted by Crippen LogP contribution is 2.34. The smallest absolute Gasteiger partial charge is 0.0604 e. The van der Waals surface area contributed by atoms with Crippen LogP contribution < -0.4 is 10.2 Å². The lowest BCUT2D eigenvalue weighted by Gasteiger charge is -2.30. The quantitative estimate of drug-likeness (QED) is 0.775.